The average Bonchev–Trinajstić information content (AvgIpc) is 2.71. The van der Waals surface area contributed by atoms with Crippen LogP contribution in [-0.4, -0.2) is 54.5 Å². The highest BCUT2D eigenvalue weighted by molar-refractivity contribution is 5.77. The van der Waals surface area contributed by atoms with Crippen molar-refractivity contribution in [3.05, 3.63) is 34.8 Å². The van der Waals surface area contributed by atoms with E-state index in [2.05, 4.69) is 0 Å². The highest BCUT2D eigenvalue weighted by Crippen LogP contribution is 2.11. The zero-order chi connectivity index (χ0) is 14.7. The Balaban J connectivity index is 2.04. The molecular formula is C14H19N3O3. The lowest BCUT2D eigenvalue weighted by Gasteiger charge is -2.18. The molecule has 0 saturated heterocycles. The molecule has 108 valence electrons. The molecule has 0 aliphatic rings. The monoisotopic (exact) mass is 277 g/mol. The van der Waals surface area contributed by atoms with Crippen LogP contribution in [-0.2, 0) is 11.3 Å². The van der Waals surface area contributed by atoms with Crippen LogP contribution in [0.1, 0.15) is 0 Å². The number of oxazole rings is 1. The maximum Gasteiger partial charge on any atom is 0.419 e. The fourth-order valence-electron chi connectivity index (χ4n) is 1.95. The Labute approximate surface area is 117 Å². The van der Waals surface area contributed by atoms with E-state index in [4.69, 9.17) is 4.42 Å². The van der Waals surface area contributed by atoms with Crippen LogP contribution in [0.5, 0.6) is 0 Å². The normalized spacial score (nSPS) is 11.2. The molecule has 0 aliphatic heterocycles. The van der Waals surface area contributed by atoms with Gasteiger partial charge in [-0.3, -0.25) is 14.3 Å². The number of hydrogen-bond acceptors (Lipinski definition) is 4. The van der Waals surface area contributed by atoms with Crippen molar-refractivity contribution in [1.29, 1.82) is 0 Å². The quantitative estimate of drug-likeness (QED) is 0.803. The zero-order valence-corrected chi connectivity index (χ0v) is 12.0. The second-order valence-corrected chi connectivity index (χ2v) is 5.01. The molecule has 1 aromatic heterocycles. The minimum atomic E-state index is -0.362. The average molecular weight is 277 g/mol. The van der Waals surface area contributed by atoms with Crippen LogP contribution in [0.3, 0.4) is 0 Å². The molecule has 1 amide bonds. The second-order valence-electron chi connectivity index (χ2n) is 5.01. The fraction of sp³-hybridized carbons (Fsp3) is 0.429. The topological polar surface area (TPSA) is 58.7 Å². The van der Waals surface area contributed by atoms with Crippen LogP contribution < -0.4 is 5.76 Å². The van der Waals surface area contributed by atoms with E-state index >= 15 is 0 Å². The number of hydrogen-bond donors (Lipinski definition) is 0. The highest BCUT2D eigenvalue weighted by Gasteiger charge is 2.11. The number of likely N-dealkylation sites (N-methyl/N-ethyl adjacent to an activating group) is 2. The summed E-state index contributed by atoms with van der Waals surface area (Å²) < 4.78 is 6.75. The number of nitrogens with zero attached hydrogens (tertiary/aromatic N) is 3. The molecule has 20 heavy (non-hydrogen) atoms. The molecule has 2 rings (SSSR count). The Hall–Kier alpha value is -2.08. The first-order chi connectivity index (χ1) is 9.49. The number of carbonyl (C=O) groups is 1. The first-order valence-corrected chi connectivity index (χ1v) is 6.46. The van der Waals surface area contributed by atoms with Crippen LogP contribution >= 0.6 is 0 Å². The van der Waals surface area contributed by atoms with Crippen molar-refractivity contribution in [3.8, 4) is 0 Å². The van der Waals surface area contributed by atoms with Gasteiger partial charge in [-0.25, -0.2) is 4.79 Å². The highest BCUT2D eigenvalue weighted by atomic mass is 16.4. The summed E-state index contributed by atoms with van der Waals surface area (Å²) in [6, 6.07) is 7.32. The number of amides is 1. The lowest BCUT2D eigenvalue weighted by Crippen LogP contribution is -2.36. The van der Waals surface area contributed by atoms with Crippen molar-refractivity contribution in [1.82, 2.24) is 14.4 Å². The zero-order valence-electron chi connectivity index (χ0n) is 12.0. The summed E-state index contributed by atoms with van der Waals surface area (Å²) in [7, 11) is 5.31. The largest absolute Gasteiger partial charge is 0.419 e. The SMILES string of the molecule is CN(CCn1c(=O)oc2ccccc21)CC(=O)N(C)C. The number of benzene rings is 1. The van der Waals surface area contributed by atoms with E-state index < -0.39 is 0 Å². The molecule has 2 aromatic rings. The molecule has 0 radical (unpaired) electrons. The number of aromatic nitrogens is 1. The lowest BCUT2D eigenvalue weighted by molar-refractivity contribution is -0.129. The van der Waals surface area contributed by atoms with Gasteiger partial charge in [0.15, 0.2) is 5.58 Å². The molecule has 0 unspecified atom stereocenters. The van der Waals surface area contributed by atoms with E-state index in [9.17, 15) is 9.59 Å². The van der Waals surface area contributed by atoms with Crippen molar-refractivity contribution in [2.45, 2.75) is 6.54 Å². The summed E-state index contributed by atoms with van der Waals surface area (Å²) >= 11 is 0. The van der Waals surface area contributed by atoms with Gasteiger partial charge in [-0.1, -0.05) is 12.1 Å². The van der Waals surface area contributed by atoms with Gasteiger partial charge in [-0.2, -0.15) is 0 Å². The van der Waals surface area contributed by atoms with Crippen molar-refractivity contribution < 1.29 is 9.21 Å². The van der Waals surface area contributed by atoms with Crippen molar-refractivity contribution in [2.24, 2.45) is 0 Å². The molecule has 0 fully saturated rings. The van der Waals surface area contributed by atoms with Crippen LogP contribution in [0.4, 0.5) is 0 Å². The molecule has 0 bridgehead atoms. The maximum atomic E-state index is 11.8. The van der Waals surface area contributed by atoms with Crippen molar-refractivity contribution in [2.75, 3.05) is 34.2 Å². The molecule has 0 aliphatic carbocycles. The van der Waals surface area contributed by atoms with E-state index in [1.54, 1.807) is 29.6 Å². The third kappa shape index (κ3) is 3.08. The minimum absolute atomic E-state index is 0.0388. The van der Waals surface area contributed by atoms with Gasteiger partial charge in [-0.05, 0) is 19.2 Å². The first kappa shape index (κ1) is 14.3. The Morgan fingerprint density at radius 1 is 1.25 bits per heavy atom. The van der Waals surface area contributed by atoms with Gasteiger partial charge in [-0.15, -0.1) is 0 Å². The summed E-state index contributed by atoms with van der Waals surface area (Å²) in [5.74, 6) is -0.324. The van der Waals surface area contributed by atoms with E-state index in [1.165, 1.54) is 0 Å². The molecule has 6 heteroatoms. The van der Waals surface area contributed by atoms with Crippen molar-refractivity contribution >= 4 is 17.0 Å². The summed E-state index contributed by atoms with van der Waals surface area (Å²) in [4.78, 5) is 26.8. The van der Waals surface area contributed by atoms with Gasteiger partial charge in [0.1, 0.15) is 0 Å². The van der Waals surface area contributed by atoms with Gasteiger partial charge < -0.3 is 9.32 Å². The molecule has 0 atom stereocenters. The second kappa shape index (κ2) is 5.92. The van der Waals surface area contributed by atoms with Gasteiger partial charge in [0.05, 0.1) is 12.1 Å². The molecule has 1 heterocycles. The van der Waals surface area contributed by atoms with Crippen LogP contribution in [0.15, 0.2) is 33.5 Å². The molecule has 6 nitrogen and oxygen atoms in total. The fourth-order valence-corrected chi connectivity index (χ4v) is 1.95. The number of fused-ring (bicyclic) bond motifs is 1. The smallest absolute Gasteiger partial charge is 0.408 e. The summed E-state index contributed by atoms with van der Waals surface area (Å²) in [5, 5.41) is 0. The van der Waals surface area contributed by atoms with E-state index in [-0.39, 0.29) is 11.7 Å². The van der Waals surface area contributed by atoms with E-state index in [0.29, 0.717) is 25.2 Å². The predicted molar refractivity (Wildman–Crippen MR) is 76.7 cm³/mol. The first-order valence-electron chi connectivity index (χ1n) is 6.46. The number of rotatable bonds is 5. The van der Waals surface area contributed by atoms with Crippen LogP contribution in [0, 0.1) is 0 Å². The maximum absolute atomic E-state index is 11.8. The number of carbonyl (C=O) groups excluding carboxylic acids is 1. The summed E-state index contributed by atoms with van der Waals surface area (Å²) in [6.07, 6.45) is 0. The number of para-hydroxylation sites is 2. The Kier molecular flexibility index (Phi) is 4.24. The molecule has 0 saturated carbocycles. The molecular weight excluding hydrogens is 258 g/mol. The van der Waals surface area contributed by atoms with E-state index in [0.717, 1.165) is 5.52 Å². The Morgan fingerprint density at radius 2 is 1.95 bits per heavy atom. The third-order valence-corrected chi connectivity index (χ3v) is 3.18. The minimum Gasteiger partial charge on any atom is -0.408 e. The summed E-state index contributed by atoms with van der Waals surface area (Å²) in [5.41, 5.74) is 1.37. The lowest BCUT2D eigenvalue weighted by atomic mass is 10.3. The van der Waals surface area contributed by atoms with Gasteiger partial charge in [0.2, 0.25) is 5.91 Å². The molecule has 0 spiro atoms. The van der Waals surface area contributed by atoms with E-state index in [1.807, 2.05) is 30.1 Å². The third-order valence-electron chi connectivity index (χ3n) is 3.18. The van der Waals surface area contributed by atoms with Gasteiger partial charge in [0.25, 0.3) is 0 Å². The molecule has 1 aromatic carbocycles. The Morgan fingerprint density at radius 3 is 2.65 bits per heavy atom. The molecule has 0 N–H and O–H groups in total. The predicted octanol–water partition coefficient (Wildman–Crippen LogP) is 0.615. The van der Waals surface area contributed by atoms with Crippen molar-refractivity contribution in [3.63, 3.8) is 0 Å². The van der Waals surface area contributed by atoms with Crippen LogP contribution in [0.2, 0.25) is 0 Å². The summed E-state index contributed by atoms with van der Waals surface area (Å²) in [6.45, 7) is 1.42. The standard InChI is InChI=1S/C14H19N3O3/c1-15(2)13(18)10-16(3)8-9-17-11-6-4-5-7-12(11)20-14(17)19/h4-7H,8-10H2,1-3H3. The van der Waals surface area contributed by atoms with Gasteiger partial charge in [0, 0.05) is 27.2 Å². The van der Waals surface area contributed by atoms with Gasteiger partial charge >= 0.3 is 5.76 Å². The van der Waals surface area contributed by atoms with Crippen LogP contribution in [0.25, 0.3) is 11.1 Å². The Bertz CT molecular complexity index is 657.